The molecule has 0 amide bonds. The number of nitrogens with one attached hydrogen (secondary N) is 1. The molecular formula is C14H21N5O3. The number of hydrogen-bond donors (Lipinski definition) is 1. The van der Waals surface area contributed by atoms with Gasteiger partial charge in [0, 0.05) is 20.7 Å². The summed E-state index contributed by atoms with van der Waals surface area (Å²) in [4.78, 5) is 30.0. The highest BCUT2D eigenvalue weighted by Gasteiger charge is 2.25. The minimum Gasteiger partial charge on any atom is -0.383 e. The molecule has 120 valence electrons. The number of imidazole rings is 1. The van der Waals surface area contributed by atoms with Gasteiger partial charge >= 0.3 is 5.69 Å². The highest BCUT2D eigenvalue weighted by molar-refractivity contribution is 5.71. The Morgan fingerprint density at radius 1 is 1.41 bits per heavy atom. The molecular weight excluding hydrogens is 286 g/mol. The maximum Gasteiger partial charge on any atom is 0.333 e. The Morgan fingerprint density at radius 2 is 2.18 bits per heavy atom. The lowest BCUT2D eigenvalue weighted by Crippen LogP contribution is -2.43. The zero-order chi connectivity index (χ0) is 15.9. The van der Waals surface area contributed by atoms with E-state index in [1.165, 1.54) is 4.57 Å². The topological polar surface area (TPSA) is 83.1 Å². The number of nitrogens with zero attached hydrogens (tertiary/aromatic N) is 4. The van der Waals surface area contributed by atoms with Crippen molar-refractivity contribution in [2.24, 2.45) is 7.05 Å². The summed E-state index contributed by atoms with van der Waals surface area (Å²) in [7, 11) is 3.39. The summed E-state index contributed by atoms with van der Waals surface area (Å²) >= 11 is 0. The van der Waals surface area contributed by atoms with Crippen molar-refractivity contribution in [3.05, 3.63) is 26.7 Å². The fraction of sp³-hybridized carbons (Fsp3) is 0.643. The van der Waals surface area contributed by atoms with Gasteiger partial charge in [-0.25, -0.2) is 9.78 Å². The van der Waals surface area contributed by atoms with E-state index in [0.29, 0.717) is 36.7 Å². The molecule has 1 fully saturated rings. The van der Waals surface area contributed by atoms with Gasteiger partial charge in [0.15, 0.2) is 11.2 Å². The number of aromatic nitrogens is 4. The summed E-state index contributed by atoms with van der Waals surface area (Å²) in [5, 5.41) is 3.20. The molecule has 0 saturated carbocycles. The first kappa shape index (κ1) is 15.0. The van der Waals surface area contributed by atoms with Gasteiger partial charge in [-0.1, -0.05) is 0 Å². The summed E-state index contributed by atoms with van der Waals surface area (Å²) in [6.45, 7) is 4.05. The van der Waals surface area contributed by atoms with Gasteiger partial charge in [-0.05, 0) is 19.9 Å². The van der Waals surface area contributed by atoms with Crippen molar-refractivity contribution in [3.8, 4) is 0 Å². The monoisotopic (exact) mass is 307 g/mol. The van der Waals surface area contributed by atoms with E-state index in [9.17, 15) is 9.59 Å². The summed E-state index contributed by atoms with van der Waals surface area (Å²) in [5.41, 5.74) is 0.348. The van der Waals surface area contributed by atoms with E-state index in [-0.39, 0.29) is 17.3 Å². The molecule has 8 heteroatoms. The Kier molecular flexibility index (Phi) is 3.88. The van der Waals surface area contributed by atoms with Crippen LogP contribution >= 0.6 is 0 Å². The number of fused-ring (bicyclic) bond motifs is 1. The van der Waals surface area contributed by atoms with E-state index in [4.69, 9.17) is 4.74 Å². The van der Waals surface area contributed by atoms with Gasteiger partial charge in [0.05, 0.1) is 19.2 Å². The minimum absolute atomic E-state index is 0.103. The standard InChI is InChI=1S/C14H21N5O3/c1-9-16-12-11(17(9)2)13(20)19(10-4-5-15-8-10)14(21)18(12)6-7-22-3/h10,15H,4-8H2,1-3H3. The third kappa shape index (κ3) is 2.19. The van der Waals surface area contributed by atoms with Crippen molar-refractivity contribution in [1.82, 2.24) is 24.0 Å². The van der Waals surface area contributed by atoms with E-state index < -0.39 is 0 Å². The minimum atomic E-state index is -0.304. The second kappa shape index (κ2) is 5.69. The van der Waals surface area contributed by atoms with Crippen molar-refractivity contribution >= 4 is 11.2 Å². The molecule has 0 radical (unpaired) electrons. The van der Waals surface area contributed by atoms with Crippen molar-refractivity contribution in [2.75, 3.05) is 26.8 Å². The van der Waals surface area contributed by atoms with Crippen LogP contribution in [0, 0.1) is 6.92 Å². The SMILES string of the molecule is COCCn1c(=O)n(C2CCNC2)c(=O)c2c1nc(C)n2C. The normalized spacial score (nSPS) is 18.4. The second-order valence-electron chi connectivity index (χ2n) is 5.64. The van der Waals surface area contributed by atoms with Gasteiger partial charge in [0.1, 0.15) is 5.82 Å². The van der Waals surface area contributed by atoms with Crippen LogP contribution in [0.2, 0.25) is 0 Å². The molecule has 22 heavy (non-hydrogen) atoms. The summed E-state index contributed by atoms with van der Waals surface area (Å²) in [5.74, 6) is 0.708. The Labute approximate surface area is 127 Å². The Morgan fingerprint density at radius 3 is 2.82 bits per heavy atom. The summed E-state index contributed by atoms with van der Waals surface area (Å²) in [6, 6.07) is -0.103. The molecule has 1 N–H and O–H groups in total. The first-order valence-electron chi connectivity index (χ1n) is 7.44. The van der Waals surface area contributed by atoms with E-state index in [1.807, 2.05) is 6.92 Å². The average molecular weight is 307 g/mol. The van der Waals surface area contributed by atoms with Gasteiger partial charge in [-0.15, -0.1) is 0 Å². The molecule has 3 rings (SSSR count). The highest BCUT2D eigenvalue weighted by atomic mass is 16.5. The van der Waals surface area contributed by atoms with Crippen LogP contribution in [-0.4, -0.2) is 45.5 Å². The van der Waals surface area contributed by atoms with Gasteiger partial charge < -0.3 is 14.6 Å². The predicted octanol–water partition coefficient (Wildman–Crippen LogP) is -0.614. The van der Waals surface area contributed by atoms with Crippen LogP contribution in [0.25, 0.3) is 11.2 Å². The van der Waals surface area contributed by atoms with Crippen LogP contribution in [0.15, 0.2) is 9.59 Å². The number of ether oxygens (including phenoxy) is 1. The maximum absolute atomic E-state index is 12.8. The molecule has 2 aromatic rings. The van der Waals surface area contributed by atoms with Gasteiger partial charge in [0.25, 0.3) is 5.56 Å². The van der Waals surface area contributed by atoms with Crippen LogP contribution in [-0.2, 0) is 18.3 Å². The molecule has 0 aliphatic carbocycles. The van der Waals surface area contributed by atoms with Crippen molar-refractivity contribution in [2.45, 2.75) is 25.9 Å². The molecule has 3 heterocycles. The molecule has 1 unspecified atom stereocenters. The van der Waals surface area contributed by atoms with E-state index >= 15 is 0 Å². The van der Waals surface area contributed by atoms with Crippen LogP contribution in [0.3, 0.4) is 0 Å². The summed E-state index contributed by atoms with van der Waals surface area (Å²) < 4.78 is 9.76. The third-order valence-corrected chi connectivity index (χ3v) is 4.33. The van der Waals surface area contributed by atoms with Gasteiger partial charge in [-0.3, -0.25) is 13.9 Å². The van der Waals surface area contributed by atoms with E-state index in [2.05, 4.69) is 10.3 Å². The summed E-state index contributed by atoms with van der Waals surface area (Å²) in [6.07, 6.45) is 0.780. The van der Waals surface area contributed by atoms with Crippen molar-refractivity contribution in [3.63, 3.8) is 0 Å². The molecule has 1 aliphatic rings. The third-order valence-electron chi connectivity index (χ3n) is 4.33. The fourth-order valence-electron chi connectivity index (χ4n) is 3.01. The number of rotatable bonds is 4. The molecule has 2 aromatic heterocycles. The molecule has 1 atom stereocenters. The lowest BCUT2D eigenvalue weighted by Gasteiger charge is -2.15. The average Bonchev–Trinajstić information content (AvgIpc) is 3.09. The van der Waals surface area contributed by atoms with Crippen LogP contribution < -0.4 is 16.6 Å². The van der Waals surface area contributed by atoms with E-state index in [0.717, 1.165) is 13.0 Å². The van der Waals surface area contributed by atoms with Crippen molar-refractivity contribution in [1.29, 1.82) is 0 Å². The quantitative estimate of drug-likeness (QED) is 0.814. The second-order valence-corrected chi connectivity index (χ2v) is 5.64. The number of hydrogen-bond acceptors (Lipinski definition) is 5. The molecule has 0 bridgehead atoms. The molecule has 1 aliphatic heterocycles. The lowest BCUT2D eigenvalue weighted by atomic mass is 10.2. The zero-order valence-corrected chi connectivity index (χ0v) is 13.1. The molecule has 8 nitrogen and oxygen atoms in total. The van der Waals surface area contributed by atoms with Crippen molar-refractivity contribution < 1.29 is 4.74 Å². The zero-order valence-electron chi connectivity index (χ0n) is 13.1. The number of methoxy groups -OCH3 is 1. The van der Waals surface area contributed by atoms with Crippen LogP contribution in [0.1, 0.15) is 18.3 Å². The fourth-order valence-corrected chi connectivity index (χ4v) is 3.01. The number of aryl methyl sites for hydroxylation is 2. The van der Waals surface area contributed by atoms with Gasteiger partial charge in [0.2, 0.25) is 0 Å². The molecule has 0 spiro atoms. The first-order chi connectivity index (χ1) is 10.6. The lowest BCUT2D eigenvalue weighted by molar-refractivity contribution is 0.186. The van der Waals surface area contributed by atoms with Crippen LogP contribution in [0.5, 0.6) is 0 Å². The van der Waals surface area contributed by atoms with Gasteiger partial charge in [-0.2, -0.15) is 0 Å². The largest absolute Gasteiger partial charge is 0.383 e. The Hall–Kier alpha value is -1.93. The molecule has 0 aromatic carbocycles. The Bertz CT molecular complexity index is 810. The molecule has 1 saturated heterocycles. The predicted molar refractivity (Wildman–Crippen MR) is 82.4 cm³/mol. The highest BCUT2D eigenvalue weighted by Crippen LogP contribution is 2.14. The van der Waals surface area contributed by atoms with E-state index in [1.54, 1.807) is 23.3 Å². The smallest absolute Gasteiger partial charge is 0.333 e. The van der Waals surface area contributed by atoms with Crippen LogP contribution in [0.4, 0.5) is 0 Å². The maximum atomic E-state index is 12.8. The Balaban J connectivity index is 2.33. The first-order valence-corrected chi connectivity index (χ1v) is 7.44.